The van der Waals surface area contributed by atoms with Crippen LogP contribution in [0.3, 0.4) is 0 Å². The Labute approximate surface area is 145 Å². The van der Waals surface area contributed by atoms with Crippen molar-refractivity contribution in [1.82, 2.24) is 9.88 Å². The highest BCUT2D eigenvalue weighted by Gasteiger charge is 2.28. The predicted octanol–water partition coefficient (Wildman–Crippen LogP) is 4.88. The van der Waals surface area contributed by atoms with Crippen LogP contribution in [-0.4, -0.2) is 22.5 Å². The number of aryl methyl sites for hydroxylation is 1. The van der Waals surface area contributed by atoms with Gasteiger partial charge in [-0.15, -0.1) is 0 Å². The average Bonchev–Trinajstić information content (AvgIpc) is 3.17. The van der Waals surface area contributed by atoms with Crippen molar-refractivity contribution in [1.29, 1.82) is 0 Å². The van der Waals surface area contributed by atoms with Crippen LogP contribution in [0.15, 0.2) is 45.4 Å². The van der Waals surface area contributed by atoms with Crippen LogP contribution in [0.25, 0.3) is 11.1 Å². The second-order valence-corrected chi connectivity index (χ2v) is 6.42. The van der Waals surface area contributed by atoms with Crippen molar-refractivity contribution in [2.75, 3.05) is 11.9 Å². The van der Waals surface area contributed by atoms with Crippen LogP contribution in [0.4, 0.5) is 10.5 Å². The lowest BCUT2D eigenvalue weighted by Gasteiger charge is -2.28. The molecule has 0 bridgehead atoms. The third kappa shape index (κ3) is 3.24. The molecule has 6 heteroatoms. The van der Waals surface area contributed by atoms with Gasteiger partial charge in [0.15, 0.2) is 11.5 Å². The van der Waals surface area contributed by atoms with E-state index < -0.39 is 0 Å². The Bertz CT molecular complexity index is 869. The standard InChI is InChI=1S/C19H21N3O3/c1-13-20-15-9-8-14(12-18(15)25-13)21-19(23)22-10-4-2-3-6-16(22)17-7-5-11-24-17/h5,7-9,11-12,16H,2-4,6,10H2,1H3,(H,21,23). The van der Waals surface area contributed by atoms with Gasteiger partial charge in [0.1, 0.15) is 11.3 Å². The molecule has 1 aliphatic rings. The van der Waals surface area contributed by atoms with Crippen molar-refractivity contribution >= 4 is 22.8 Å². The van der Waals surface area contributed by atoms with E-state index in [1.165, 1.54) is 0 Å². The topological polar surface area (TPSA) is 71.5 Å². The molecule has 3 aromatic rings. The molecule has 6 nitrogen and oxygen atoms in total. The summed E-state index contributed by atoms with van der Waals surface area (Å²) in [6.07, 6.45) is 5.81. The third-order valence-corrected chi connectivity index (χ3v) is 4.63. The largest absolute Gasteiger partial charge is 0.467 e. The summed E-state index contributed by atoms with van der Waals surface area (Å²) in [6.45, 7) is 2.53. The molecule has 0 radical (unpaired) electrons. The van der Waals surface area contributed by atoms with Crippen molar-refractivity contribution in [2.24, 2.45) is 0 Å². The fourth-order valence-electron chi connectivity index (χ4n) is 3.44. The van der Waals surface area contributed by atoms with E-state index in [0.717, 1.165) is 43.5 Å². The smallest absolute Gasteiger partial charge is 0.322 e. The first-order valence-electron chi connectivity index (χ1n) is 8.69. The Balaban J connectivity index is 1.56. The summed E-state index contributed by atoms with van der Waals surface area (Å²) in [4.78, 5) is 19.1. The number of fused-ring (bicyclic) bond motifs is 1. The first-order chi connectivity index (χ1) is 12.2. The molecule has 1 unspecified atom stereocenters. The van der Waals surface area contributed by atoms with Gasteiger partial charge in [0.2, 0.25) is 0 Å². The minimum absolute atomic E-state index is 0.0197. The number of aromatic nitrogens is 1. The molecule has 130 valence electrons. The van der Waals surface area contributed by atoms with Crippen LogP contribution in [0.1, 0.15) is 43.4 Å². The summed E-state index contributed by atoms with van der Waals surface area (Å²) in [6, 6.07) is 9.20. The van der Waals surface area contributed by atoms with E-state index in [9.17, 15) is 4.79 Å². The summed E-state index contributed by atoms with van der Waals surface area (Å²) in [5, 5.41) is 2.99. The zero-order valence-corrected chi connectivity index (χ0v) is 14.2. The van der Waals surface area contributed by atoms with Crippen molar-refractivity contribution < 1.29 is 13.6 Å². The maximum Gasteiger partial charge on any atom is 0.322 e. The minimum Gasteiger partial charge on any atom is -0.467 e. The molecule has 0 aliphatic carbocycles. The van der Waals surface area contributed by atoms with Crippen LogP contribution in [0, 0.1) is 6.92 Å². The number of likely N-dealkylation sites (tertiary alicyclic amines) is 1. The second-order valence-electron chi connectivity index (χ2n) is 6.42. The van der Waals surface area contributed by atoms with Gasteiger partial charge in [-0.05, 0) is 37.1 Å². The lowest BCUT2D eigenvalue weighted by molar-refractivity contribution is 0.179. The number of hydrogen-bond donors (Lipinski definition) is 1. The number of carbonyl (C=O) groups excluding carboxylic acids is 1. The van der Waals surface area contributed by atoms with E-state index in [-0.39, 0.29) is 12.1 Å². The molecule has 2 aromatic heterocycles. The van der Waals surface area contributed by atoms with Crippen LogP contribution >= 0.6 is 0 Å². The van der Waals surface area contributed by atoms with Gasteiger partial charge in [-0.1, -0.05) is 12.8 Å². The van der Waals surface area contributed by atoms with Crippen molar-refractivity contribution in [3.8, 4) is 0 Å². The number of rotatable bonds is 2. The molecule has 1 aliphatic heterocycles. The number of benzene rings is 1. The molecule has 1 aromatic carbocycles. The number of nitrogens with one attached hydrogen (secondary N) is 1. The summed E-state index contributed by atoms with van der Waals surface area (Å²) in [7, 11) is 0. The van der Waals surface area contributed by atoms with Gasteiger partial charge >= 0.3 is 6.03 Å². The predicted molar refractivity (Wildman–Crippen MR) is 94.4 cm³/mol. The number of oxazole rings is 1. The quantitative estimate of drug-likeness (QED) is 0.722. The zero-order chi connectivity index (χ0) is 17.2. The second kappa shape index (κ2) is 6.63. The Kier molecular flexibility index (Phi) is 4.17. The monoisotopic (exact) mass is 339 g/mol. The van der Waals surface area contributed by atoms with Gasteiger partial charge in [-0.3, -0.25) is 0 Å². The molecule has 3 heterocycles. The molecule has 1 fully saturated rings. The normalized spacial score (nSPS) is 18.3. The van der Waals surface area contributed by atoms with Crippen LogP contribution in [0.2, 0.25) is 0 Å². The molecule has 1 N–H and O–H groups in total. The molecular formula is C19H21N3O3. The zero-order valence-electron chi connectivity index (χ0n) is 14.2. The van der Waals surface area contributed by atoms with Gasteiger partial charge in [0.25, 0.3) is 0 Å². The lowest BCUT2D eigenvalue weighted by Crippen LogP contribution is -2.37. The Morgan fingerprint density at radius 2 is 2.20 bits per heavy atom. The van der Waals surface area contributed by atoms with Crippen molar-refractivity contribution in [3.05, 3.63) is 48.2 Å². The maximum atomic E-state index is 12.9. The first kappa shape index (κ1) is 15.7. The average molecular weight is 339 g/mol. The molecular weight excluding hydrogens is 318 g/mol. The number of urea groups is 1. The fourth-order valence-corrected chi connectivity index (χ4v) is 3.44. The maximum absolute atomic E-state index is 12.9. The summed E-state index contributed by atoms with van der Waals surface area (Å²) >= 11 is 0. The lowest BCUT2D eigenvalue weighted by atomic mass is 10.1. The molecule has 25 heavy (non-hydrogen) atoms. The fraction of sp³-hybridized carbons (Fsp3) is 0.368. The van der Waals surface area contributed by atoms with Crippen molar-refractivity contribution in [3.63, 3.8) is 0 Å². The summed E-state index contributed by atoms with van der Waals surface area (Å²) < 4.78 is 11.1. The number of amides is 2. The highest BCUT2D eigenvalue weighted by atomic mass is 16.3. The van der Waals surface area contributed by atoms with E-state index in [4.69, 9.17) is 8.83 Å². The van der Waals surface area contributed by atoms with Gasteiger partial charge in [0.05, 0.1) is 12.3 Å². The van der Waals surface area contributed by atoms with E-state index in [1.807, 2.05) is 42.2 Å². The minimum atomic E-state index is -0.112. The van der Waals surface area contributed by atoms with Gasteiger partial charge in [0, 0.05) is 25.2 Å². The number of hydrogen-bond acceptors (Lipinski definition) is 4. The molecule has 1 saturated heterocycles. The summed E-state index contributed by atoms with van der Waals surface area (Å²) in [5.74, 6) is 1.46. The Morgan fingerprint density at radius 1 is 1.28 bits per heavy atom. The van der Waals surface area contributed by atoms with E-state index in [2.05, 4.69) is 10.3 Å². The number of anilines is 1. The van der Waals surface area contributed by atoms with Gasteiger partial charge in [-0.25, -0.2) is 9.78 Å². The van der Waals surface area contributed by atoms with Crippen LogP contribution in [-0.2, 0) is 0 Å². The molecule has 0 saturated carbocycles. The summed E-state index contributed by atoms with van der Waals surface area (Å²) in [5.41, 5.74) is 2.17. The van der Waals surface area contributed by atoms with E-state index in [0.29, 0.717) is 17.2 Å². The number of carbonyl (C=O) groups is 1. The molecule has 1 atom stereocenters. The molecule has 2 amide bonds. The third-order valence-electron chi connectivity index (χ3n) is 4.63. The number of nitrogens with zero attached hydrogens (tertiary/aromatic N) is 2. The molecule has 0 spiro atoms. The molecule has 4 rings (SSSR count). The SMILES string of the molecule is Cc1nc2ccc(NC(=O)N3CCCCCC3c3ccco3)cc2o1. The highest BCUT2D eigenvalue weighted by molar-refractivity contribution is 5.91. The van der Waals surface area contributed by atoms with E-state index >= 15 is 0 Å². The van der Waals surface area contributed by atoms with Crippen LogP contribution in [0.5, 0.6) is 0 Å². The van der Waals surface area contributed by atoms with Gasteiger partial charge in [-0.2, -0.15) is 0 Å². The Morgan fingerprint density at radius 3 is 3.04 bits per heavy atom. The first-order valence-corrected chi connectivity index (χ1v) is 8.69. The van der Waals surface area contributed by atoms with Gasteiger partial charge < -0.3 is 19.1 Å². The Hall–Kier alpha value is -2.76. The van der Waals surface area contributed by atoms with Crippen molar-refractivity contribution in [2.45, 2.75) is 38.6 Å². The highest BCUT2D eigenvalue weighted by Crippen LogP contribution is 2.31. The van der Waals surface area contributed by atoms with Crippen LogP contribution < -0.4 is 5.32 Å². The number of furan rings is 1. The van der Waals surface area contributed by atoms with E-state index in [1.54, 1.807) is 6.26 Å².